The average molecular weight is 238 g/mol. The van der Waals surface area contributed by atoms with E-state index < -0.39 is 0 Å². The van der Waals surface area contributed by atoms with Gasteiger partial charge in [0.15, 0.2) is 5.82 Å². The van der Waals surface area contributed by atoms with E-state index in [0.717, 1.165) is 10.9 Å². The highest BCUT2D eigenvalue weighted by molar-refractivity contribution is 5.92. The maximum atomic E-state index is 7.26. The largest absolute Gasteiger partial charge is 0.382 e. The van der Waals surface area contributed by atoms with E-state index in [9.17, 15) is 0 Å². The molecule has 0 aliphatic rings. The average Bonchev–Trinajstić information content (AvgIpc) is 2.82. The number of amidine groups is 1. The number of para-hydroxylation sites is 1. The third kappa shape index (κ3) is 1.60. The highest BCUT2D eigenvalue weighted by Crippen LogP contribution is 2.15. The van der Waals surface area contributed by atoms with Gasteiger partial charge in [0.2, 0.25) is 0 Å². The molecular formula is C12H10N6. The van der Waals surface area contributed by atoms with E-state index in [-0.39, 0.29) is 5.84 Å². The van der Waals surface area contributed by atoms with E-state index in [1.165, 1.54) is 6.20 Å². The molecule has 0 aliphatic heterocycles. The van der Waals surface area contributed by atoms with E-state index in [2.05, 4.69) is 15.1 Å². The quantitative estimate of drug-likeness (QED) is 0.516. The molecule has 0 radical (unpaired) electrons. The number of nitrogens with zero attached hydrogens (tertiary/aromatic N) is 4. The molecule has 0 aliphatic carbocycles. The first-order valence-electron chi connectivity index (χ1n) is 5.35. The molecule has 0 bridgehead atoms. The predicted molar refractivity (Wildman–Crippen MR) is 67.7 cm³/mol. The van der Waals surface area contributed by atoms with Crippen LogP contribution >= 0.6 is 0 Å². The minimum absolute atomic E-state index is 0.0978. The molecule has 0 unspecified atom stereocenters. The predicted octanol–water partition coefficient (Wildman–Crippen LogP) is 1.10. The normalized spacial score (nSPS) is 10.7. The number of rotatable bonds is 2. The number of hydrogen-bond donors (Lipinski definition) is 2. The van der Waals surface area contributed by atoms with Gasteiger partial charge in [-0.05, 0) is 6.07 Å². The van der Waals surface area contributed by atoms with E-state index >= 15 is 0 Å². The Morgan fingerprint density at radius 3 is 2.67 bits per heavy atom. The molecule has 1 aromatic carbocycles. The first-order chi connectivity index (χ1) is 8.75. The fraction of sp³-hybridized carbons (Fsp3) is 0. The first kappa shape index (κ1) is 10.4. The lowest BCUT2D eigenvalue weighted by Crippen LogP contribution is -2.14. The third-order valence-electron chi connectivity index (χ3n) is 2.61. The van der Waals surface area contributed by atoms with Crippen LogP contribution in [0.1, 0.15) is 5.69 Å². The zero-order valence-electron chi connectivity index (χ0n) is 9.41. The summed E-state index contributed by atoms with van der Waals surface area (Å²) < 4.78 is 1.70. The number of fused-ring (bicyclic) bond motifs is 1. The second-order valence-electron chi connectivity index (χ2n) is 3.79. The van der Waals surface area contributed by atoms with E-state index in [1.54, 1.807) is 17.1 Å². The lowest BCUT2D eigenvalue weighted by Gasteiger charge is -2.02. The monoisotopic (exact) mass is 238 g/mol. The fourth-order valence-corrected chi connectivity index (χ4v) is 1.72. The van der Waals surface area contributed by atoms with Crippen molar-refractivity contribution in [3.05, 3.63) is 48.5 Å². The summed E-state index contributed by atoms with van der Waals surface area (Å²) in [5.74, 6) is 0.501. The second kappa shape index (κ2) is 3.92. The first-order valence-corrected chi connectivity index (χ1v) is 5.35. The number of hydrogen-bond acceptors (Lipinski definition) is 4. The molecule has 3 rings (SSSR count). The van der Waals surface area contributed by atoms with Crippen molar-refractivity contribution in [1.29, 1.82) is 5.41 Å². The minimum Gasteiger partial charge on any atom is -0.382 e. The minimum atomic E-state index is -0.0978. The highest BCUT2D eigenvalue weighted by atomic mass is 15.3. The van der Waals surface area contributed by atoms with Gasteiger partial charge in [-0.25, -0.2) is 14.6 Å². The number of benzene rings is 1. The smallest absolute Gasteiger partial charge is 0.172 e. The SMILES string of the molecule is N=C(N)c1cnc(-n2ncc3ccccc32)cn1. The second-order valence-corrected chi connectivity index (χ2v) is 3.79. The van der Waals surface area contributed by atoms with Crippen LogP contribution in [0.2, 0.25) is 0 Å². The number of nitrogens with one attached hydrogen (secondary N) is 1. The zero-order chi connectivity index (χ0) is 12.5. The standard InChI is InChI=1S/C12H10N6/c13-12(14)9-6-16-11(7-15-9)18-10-4-2-1-3-8(10)5-17-18/h1-7H,(H3,13,14). The van der Waals surface area contributed by atoms with Crippen molar-refractivity contribution in [1.82, 2.24) is 19.7 Å². The molecule has 0 fully saturated rings. The molecular weight excluding hydrogens is 228 g/mol. The van der Waals surface area contributed by atoms with E-state index in [4.69, 9.17) is 11.1 Å². The van der Waals surface area contributed by atoms with Gasteiger partial charge in [-0.2, -0.15) is 5.10 Å². The number of nitrogen functional groups attached to an aromatic ring is 1. The van der Waals surface area contributed by atoms with Crippen molar-refractivity contribution in [2.24, 2.45) is 5.73 Å². The van der Waals surface area contributed by atoms with Crippen LogP contribution in [0.25, 0.3) is 16.7 Å². The Hall–Kier alpha value is -2.76. The number of aromatic nitrogens is 4. The molecule has 2 aromatic heterocycles. The molecule has 3 aromatic rings. The Morgan fingerprint density at radius 2 is 1.94 bits per heavy atom. The lowest BCUT2D eigenvalue weighted by atomic mass is 10.3. The molecule has 0 saturated heterocycles. The Labute approximate surface area is 103 Å². The molecule has 3 N–H and O–H groups in total. The van der Waals surface area contributed by atoms with Crippen molar-refractivity contribution >= 4 is 16.7 Å². The Bertz CT molecular complexity index is 713. The molecule has 0 amide bonds. The molecule has 18 heavy (non-hydrogen) atoms. The fourth-order valence-electron chi connectivity index (χ4n) is 1.72. The van der Waals surface area contributed by atoms with Crippen molar-refractivity contribution in [2.75, 3.05) is 0 Å². The molecule has 2 heterocycles. The van der Waals surface area contributed by atoms with Gasteiger partial charge in [-0.1, -0.05) is 18.2 Å². The maximum Gasteiger partial charge on any atom is 0.172 e. The molecule has 88 valence electrons. The Balaban J connectivity index is 2.12. The van der Waals surface area contributed by atoms with Crippen molar-refractivity contribution < 1.29 is 0 Å². The topological polar surface area (TPSA) is 93.5 Å². The van der Waals surface area contributed by atoms with Gasteiger partial charge in [0.25, 0.3) is 0 Å². The van der Waals surface area contributed by atoms with Crippen LogP contribution in [0.4, 0.5) is 0 Å². The van der Waals surface area contributed by atoms with Gasteiger partial charge in [0.05, 0.1) is 24.1 Å². The van der Waals surface area contributed by atoms with Crippen LogP contribution in [-0.4, -0.2) is 25.6 Å². The van der Waals surface area contributed by atoms with Gasteiger partial charge in [-0.15, -0.1) is 0 Å². The summed E-state index contributed by atoms with van der Waals surface area (Å²) in [6, 6.07) is 7.84. The van der Waals surface area contributed by atoms with Crippen molar-refractivity contribution in [3.63, 3.8) is 0 Å². The van der Waals surface area contributed by atoms with Gasteiger partial charge in [-0.3, -0.25) is 5.41 Å². The van der Waals surface area contributed by atoms with E-state index in [0.29, 0.717) is 11.5 Å². The Kier molecular flexibility index (Phi) is 2.26. The number of nitrogens with two attached hydrogens (primary N) is 1. The molecule has 0 atom stereocenters. The maximum absolute atomic E-state index is 7.26. The Morgan fingerprint density at radius 1 is 1.11 bits per heavy atom. The molecule has 0 spiro atoms. The van der Waals surface area contributed by atoms with Gasteiger partial charge < -0.3 is 5.73 Å². The molecule has 0 saturated carbocycles. The van der Waals surface area contributed by atoms with Crippen LogP contribution in [0.15, 0.2) is 42.9 Å². The summed E-state index contributed by atoms with van der Waals surface area (Å²) in [5.41, 5.74) is 6.65. The van der Waals surface area contributed by atoms with Crippen molar-refractivity contribution in [3.8, 4) is 5.82 Å². The van der Waals surface area contributed by atoms with Gasteiger partial charge >= 0.3 is 0 Å². The van der Waals surface area contributed by atoms with E-state index in [1.807, 2.05) is 24.3 Å². The van der Waals surface area contributed by atoms with Crippen LogP contribution in [0.3, 0.4) is 0 Å². The summed E-state index contributed by atoms with van der Waals surface area (Å²) >= 11 is 0. The molecule has 6 heteroatoms. The summed E-state index contributed by atoms with van der Waals surface area (Å²) in [6.45, 7) is 0. The summed E-state index contributed by atoms with van der Waals surface area (Å²) in [4.78, 5) is 8.28. The lowest BCUT2D eigenvalue weighted by molar-refractivity contribution is 0.862. The summed E-state index contributed by atoms with van der Waals surface area (Å²) in [7, 11) is 0. The van der Waals surface area contributed by atoms with Crippen LogP contribution in [0.5, 0.6) is 0 Å². The summed E-state index contributed by atoms with van der Waals surface area (Å²) in [6.07, 6.45) is 4.79. The van der Waals surface area contributed by atoms with Crippen LogP contribution in [-0.2, 0) is 0 Å². The van der Waals surface area contributed by atoms with Gasteiger partial charge in [0, 0.05) is 5.39 Å². The van der Waals surface area contributed by atoms with Gasteiger partial charge in [0.1, 0.15) is 11.5 Å². The third-order valence-corrected chi connectivity index (χ3v) is 2.61. The zero-order valence-corrected chi connectivity index (χ0v) is 9.41. The molecule has 6 nitrogen and oxygen atoms in total. The van der Waals surface area contributed by atoms with Crippen molar-refractivity contribution in [2.45, 2.75) is 0 Å². The van der Waals surface area contributed by atoms with Crippen LogP contribution in [0, 0.1) is 5.41 Å². The van der Waals surface area contributed by atoms with Crippen LogP contribution < -0.4 is 5.73 Å². The summed E-state index contributed by atoms with van der Waals surface area (Å²) in [5, 5.41) is 12.6. The highest BCUT2D eigenvalue weighted by Gasteiger charge is 2.06.